The smallest absolute Gasteiger partial charge is 0.368 e. The van der Waals surface area contributed by atoms with E-state index in [1.165, 1.54) is 6.07 Å². The van der Waals surface area contributed by atoms with Gasteiger partial charge < -0.3 is 9.80 Å². The Hall–Kier alpha value is -2.51. The van der Waals surface area contributed by atoms with E-state index in [-0.39, 0.29) is 5.91 Å². The number of piperazine rings is 1. The monoisotopic (exact) mass is 380 g/mol. The van der Waals surface area contributed by atoms with Crippen LogP contribution in [0, 0.1) is 6.92 Å². The number of nitrogens with zero attached hydrogens (tertiary/aromatic N) is 4. The zero-order valence-corrected chi connectivity index (χ0v) is 15.5. The van der Waals surface area contributed by atoms with Gasteiger partial charge in [-0.1, -0.05) is 13.0 Å². The van der Waals surface area contributed by atoms with E-state index in [4.69, 9.17) is 0 Å². The van der Waals surface area contributed by atoms with Crippen LogP contribution in [0.3, 0.4) is 0 Å². The lowest BCUT2D eigenvalue weighted by Gasteiger charge is -2.36. The molecule has 27 heavy (non-hydrogen) atoms. The van der Waals surface area contributed by atoms with Gasteiger partial charge in [0.1, 0.15) is 0 Å². The summed E-state index contributed by atoms with van der Waals surface area (Å²) in [6.07, 6.45) is -1.64. The number of carbonyl (C=O) groups excluding carboxylic acids is 1. The molecule has 5 nitrogen and oxygen atoms in total. The van der Waals surface area contributed by atoms with E-state index in [2.05, 4.69) is 5.10 Å². The highest BCUT2D eigenvalue weighted by Crippen LogP contribution is 2.32. The predicted molar refractivity (Wildman–Crippen MR) is 96.8 cm³/mol. The van der Waals surface area contributed by atoms with E-state index in [0.717, 1.165) is 25.1 Å². The number of alkyl halides is 3. The summed E-state index contributed by atoms with van der Waals surface area (Å²) in [5.41, 5.74) is 1.17. The summed E-state index contributed by atoms with van der Waals surface area (Å²) < 4.78 is 40.5. The normalized spacial score (nSPS) is 15.3. The average molecular weight is 380 g/mol. The standard InChI is InChI=1S/C19H23F3N4O/c1-3-7-26-13-17(14(2)23-26)18(27)25-10-8-24(9-11-25)16-6-4-5-15(12-16)19(20,21)22/h4-6,12-13H,3,7-11H2,1-2H3. The van der Waals surface area contributed by atoms with Gasteiger partial charge in [-0.15, -0.1) is 0 Å². The van der Waals surface area contributed by atoms with Crippen LogP contribution in [0.4, 0.5) is 18.9 Å². The molecule has 8 heteroatoms. The first-order chi connectivity index (χ1) is 12.8. The Labute approximate surface area is 156 Å². The first kappa shape index (κ1) is 19.3. The fourth-order valence-electron chi connectivity index (χ4n) is 3.29. The molecule has 0 N–H and O–H groups in total. The number of anilines is 1. The number of halogens is 3. The van der Waals surface area contributed by atoms with Crippen LogP contribution in [-0.4, -0.2) is 46.8 Å². The largest absolute Gasteiger partial charge is 0.416 e. The molecule has 0 aliphatic carbocycles. The second kappa shape index (κ2) is 7.62. The highest BCUT2D eigenvalue weighted by molar-refractivity contribution is 5.95. The van der Waals surface area contributed by atoms with Crippen LogP contribution in [0.5, 0.6) is 0 Å². The van der Waals surface area contributed by atoms with Gasteiger partial charge in [-0.05, 0) is 31.5 Å². The van der Waals surface area contributed by atoms with Crippen LogP contribution in [0.15, 0.2) is 30.5 Å². The lowest BCUT2D eigenvalue weighted by Crippen LogP contribution is -2.48. The van der Waals surface area contributed by atoms with Crippen LogP contribution in [0.1, 0.15) is 35.0 Å². The predicted octanol–water partition coefficient (Wildman–Crippen LogP) is 3.58. The fourth-order valence-corrected chi connectivity index (χ4v) is 3.29. The molecule has 1 saturated heterocycles. The van der Waals surface area contributed by atoms with Crippen LogP contribution in [-0.2, 0) is 12.7 Å². The number of hydrogen-bond acceptors (Lipinski definition) is 3. The number of rotatable bonds is 4. The molecular formula is C19H23F3N4O. The Morgan fingerprint density at radius 3 is 2.52 bits per heavy atom. The molecule has 0 unspecified atom stereocenters. The van der Waals surface area contributed by atoms with E-state index in [1.807, 2.05) is 18.7 Å². The molecule has 0 saturated carbocycles. The molecule has 0 radical (unpaired) electrons. The minimum atomic E-state index is -4.36. The Balaban J connectivity index is 1.66. The van der Waals surface area contributed by atoms with Crippen molar-refractivity contribution in [3.63, 3.8) is 0 Å². The quantitative estimate of drug-likeness (QED) is 0.814. The summed E-state index contributed by atoms with van der Waals surface area (Å²) in [4.78, 5) is 16.4. The Morgan fingerprint density at radius 1 is 1.19 bits per heavy atom. The van der Waals surface area contributed by atoms with Crippen molar-refractivity contribution in [3.8, 4) is 0 Å². The zero-order chi connectivity index (χ0) is 19.6. The molecule has 146 valence electrons. The molecule has 1 aliphatic rings. The van der Waals surface area contributed by atoms with Crippen molar-refractivity contribution in [1.82, 2.24) is 14.7 Å². The van der Waals surface area contributed by atoms with Crippen LogP contribution in [0.2, 0.25) is 0 Å². The number of aromatic nitrogens is 2. The van der Waals surface area contributed by atoms with Gasteiger partial charge in [0.2, 0.25) is 0 Å². The molecule has 1 aromatic carbocycles. The third-order valence-corrected chi connectivity index (χ3v) is 4.73. The van der Waals surface area contributed by atoms with Gasteiger partial charge in [0.25, 0.3) is 5.91 Å². The second-order valence-electron chi connectivity index (χ2n) is 6.72. The van der Waals surface area contributed by atoms with Crippen molar-refractivity contribution < 1.29 is 18.0 Å². The summed E-state index contributed by atoms with van der Waals surface area (Å²) in [5, 5.41) is 4.36. The minimum Gasteiger partial charge on any atom is -0.368 e. The van der Waals surface area contributed by atoms with Crippen molar-refractivity contribution in [2.75, 3.05) is 31.1 Å². The van der Waals surface area contributed by atoms with Gasteiger partial charge >= 0.3 is 6.18 Å². The Bertz CT molecular complexity index is 808. The molecule has 2 aromatic rings. The van der Waals surface area contributed by atoms with E-state index in [9.17, 15) is 18.0 Å². The maximum atomic E-state index is 12.9. The maximum absolute atomic E-state index is 12.9. The summed E-state index contributed by atoms with van der Waals surface area (Å²) >= 11 is 0. The molecular weight excluding hydrogens is 357 g/mol. The number of hydrogen-bond donors (Lipinski definition) is 0. The molecule has 3 rings (SSSR count). The summed E-state index contributed by atoms with van der Waals surface area (Å²) in [5.74, 6) is -0.0708. The van der Waals surface area contributed by atoms with E-state index < -0.39 is 11.7 Å². The second-order valence-corrected chi connectivity index (χ2v) is 6.72. The molecule has 0 bridgehead atoms. The Morgan fingerprint density at radius 2 is 1.89 bits per heavy atom. The van der Waals surface area contributed by atoms with E-state index in [1.54, 1.807) is 21.8 Å². The van der Waals surface area contributed by atoms with Crippen LogP contribution in [0.25, 0.3) is 0 Å². The topological polar surface area (TPSA) is 41.4 Å². The van der Waals surface area contributed by atoms with Crippen LogP contribution >= 0.6 is 0 Å². The number of carbonyl (C=O) groups is 1. The molecule has 1 aliphatic heterocycles. The first-order valence-corrected chi connectivity index (χ1v) is 9.05. The van der Waals surface area contributed by atoms with Crippen molar-refractivity contribution in [3.05, 3.63) is 47.3 Å². The van der Waals surface area contributed by atoms with Gasteiger partial charge in [-0.3, -0.25) is 9.48 Å². The number of aryl methyl sites for hydroxylation is 2. The molecule has 2 heterocycles. The highest BCUT2D eigenvalue weighted by Gasteiger charge is 2.31. The first-order valence-electron chi connectivity index (χ1n) is 9.05. The SMILES string of the molecule is CCCn1cc(C(=O)N2CCN(c3cccc(C(F)(F)F)c3)CC2)c(C)n1. The third-order valence-electron chi connectivity index (χ3n) is 4.73. The van der Waals surface area contributed by atoms with Gasteiger partial charge in [0, 0.05) is 44.6 Å². The lowest BCUT2D eigenvalue weighted by molar-refractivity contribution is -0.137. The summed E-state index contributed by atoms with van der Waals surface area (Å²) in [6.45, 7) is 6.55. The summed E-state index contributed by atoms with van der Waals surface area (Å²) in [6, 6.07) is 5.32. The molecule has 1 fully saturated rings. The number of amides is 1. The fraction of sp³-hybridized carbons (Fsp3) is 0.474. The van der Waals surface area contributed by atoms with E-state index in [0.29, 0.717) is 43.1 Å². The molecule has 1 aromatic heterocycles. The lowest BCUT2D eigenvalue weighted by atomic mass is 10.1. The average Bonchev–Trinajstić information content (AvgIpc) is 3.01. The number of benzene rings is 1. The van der Waals surface area contributed by atoms with E-state index >= 15 is 0 Å². The van der Waals surface area contributed by atoms with Crippen LogP contribution < -0.4 is 4.90 Å². The molecule has 0 spiro atoms. The summed E-state index contributed by atoms with van der Waals surface area (Å²) in [7, 11) is 0. The van der Waals surface area contributed by atoms with Gasteiger partial charge in [-0.25, -0.2) is 0 Å². The molecule has 1 amide bonds. The van der Waals surface area contributed by atoms with Crippen molar-refractivity contribution in [2.24, 2.45) is 0 Å². The van der Waals surface area contributed by atoms with Crippen molar-refractivity contribution >= 4 is 11.6 Å². The molecule has 0 atom stereocenters. The van der Waals surface area contributed by atoms with Gasteiger partial charge in [-0.2, -0.15) is 18.3 Å². The van der Waals surface area contributed by atoms with Gasteiger partial charge in [0.15, 0.2) is 0 Å². The Kier molecular flexibility index (Phi) is 5.43. The van der Waals surface area contributed by atoms with Crippen molar-refractivity contribution in [1.29, 1.82) is 0 Å². The van der Waals surface area contributed by atoms with Gasteiger partial charge in [0.05, 0.1) is 16.8 Å². The zero-order valence-electron chi connectivity index (χ0n) is 15.5. The third kappa shape index (κ3) is 4.26. The highest BCUT2D eigenvalue weighted by atomic mass is 19.4. The minimum absolute atomic E-state index is 0.0708. The van der Waals surface area contributed by atoms with Crippen molar-refractivity contribution in [2.45, 2.75) is 33.0 Å². The maximum Gasteiger partial charge on any atom is 0.416 e.